The highest BCUT2D eigenvalue weighted by Gasteiger charge is 2.35. The van der Waals surface area contributed by atoms with Crippen molar-refractivity contribution in [3.05, 3.63) is 76.7 Å². The van der Waals surface area contributed by atoms with E-state index in [9.17, 15) is 4.91 Å². The van der Waals surface area contributed by atoms with Crippen LogP contribution in [0.3, 0.4) is 0 Å². The van der Waals surface area contributed by atoms with Gasteiger partial charge in [-0.05, 0) is 25.0 Å². The molecule has 0 saturated heterocycles. The average molecular weight is 239 g/mol. The third-order valence-electron chi connectivity index (χ3n) is 3.74. The van der Waals surface area contributed by atoms with E-state index in [0.717, 1.165) is 11.1 Å². The molecule has 0 aliphatic heterocycles. The van der Waals surface area contributed by atoms with Gasteiger partial charge in [0.2, 0.25) is 0 Å². The van der Waals surface area contributed by atoms with Gasteiger partial charge in [-0.25, -0.2) is 0 Å². The molecule has 0 heterocycles. The highest BCUT2D eigenvalue weighted by atomic mass is 16.3. The zero-order valence-corrected chi connectivity index (χ0v) is 10.7. The summed E-state index contributed by atoms with van der Waals surface area (Å²) in [6.07, 6.45) is 0. The van der Waals surface area contributed by atoms with Gasteiger partial charge >= 0.3 is 0 Å². The molecule has 0 aliphatic rings. The molecule has 0 saturated carbocycles. The summed E-state index contributed by atoms with van der Waals surface area (Å²) < 4.78 is 0. The lowest BCUT2D eigenvalue weighted by Gasteiger charge is -2.33. The van der Waals surface area contributed by atoms with Crippen molar-refractivity contribution in [1.82, 2.24) is 0 Å². The molecule has 0 unspecified atom stereocenters. The molecule has 92 valence electrons. The van der Waals surface area contributed by atoms with E-state index in [0.29, 0.717) is 0 Å². The van der Waals surface area contributed by atoms with Gasteiger partial charge in [0.25, 0.3) is 0 Å². The van der Waals surface area contributed by atoms with E-state index >= 15 is 0 Å². The minimum atomic E-state index is -0.385. The molecule has 2 heteroatoms. The first-order valence-electron chi connectivity index (χ1n) is 6.13. The summed E-state index contributed by atoms with van der Waals surface area (Å²) in [5.74, 6) is 0. The summed E-state index contributed by atoms with van der Waals surface area (Å²) in [5.41, 5.74) is 1.84. The summed E-state index contributed by atoms with van der Waals surface area (Å²) in [5, 5.41) is 3.26. The van der Waals surface area contributed by atoms with E-state index in [2.05, 4.69) is 36.4 Å². The van der Waals surface area contributed by atoms with Crippen LogP contribution < -0.4 is 0 Å². The topological polar surface area (TPSA) is 29.4 Å². The van der Waals surface area contributed by atoms with Gasteiger partial charge in [-0.1, -0.05) is 65.8 Å². The maximum Gasteiger partial charge on any atom is 0.103 e. The van der Waals surface area contributed by atoms with Crippen LogP contribution in [0.5, 0.6) is 0 Å². The van der Waals surface area contributed by atoms with Crippen molar-refractivity contribution < 1.29 is 0 Å². The number of benzene rings is 2. The number of hydrogen-bond donors (Lipinski definition) is 0. The van der Waals surface area contributed by atoms with Crippen molar-refractivity contribution in [1.29, 1.82) is 0 Å². The highest BCUT2D eigenvalue weighted by molar-refractivity contribution is 5.40. The SMILES string of the molecule is C[C@@H](N=O)C(C)(c1ccccc1)c1ccccc1. The fourth-order valence-corrected chi connectivity index (χ4v) is 2.32. The summed E-state index contributed by atoms with van der Waals surface area (Å²) in [7, 11) is 0. The summed E-state index contributed by atoms with van der Waals surface area (Å²) in [6.45, 7) is 3.94. The lowest BCUT2D eigenvalue weighted by Crippen LogP contribution is -2.34. The minimum Gasteiger partial charge on any atom is -0.150 e. The van der Waals surface area contributed by atoms with Crippen LogP contribution in [-0.2, 0) is 5.41 Å². The molecule has 0 N–H and O–H groups in total. The zero-order valence-electron chi connectivity index (χ0n) is 10.7. The fraction of sp³-hybridized carbons (Fsp3) is 0.250. The largest absolute Gasteiger partial charge is 0.150 e. The second-order valence-electron chi connectivity index (χ2n) is 4.72. The molecule has 0 bridgehead atoms. The third kappa shape index (κ3) is 2.06. The van der Waals surface area contributed by atoms with Crippen LogP contribution in [-0.4, -0.2) is 6.04 Å². The third-order valence-corrected chi connectivity index (χ3v) is 3.74. The number of nitrogens with zero attached hydrogens (tertiary/aromatic N) is 1. The van der Waals surface area contributed by atoms with E-state index in [1.54, 1.807) is 0 Å². The Morgan fingerprint density at radius 3 is 1.61 bits per heavy atom. The Morgan fingerprint density at radius 2 is 1.28 bits per heavy atom. The van der Waals surface area contributed by atoms with Gasteiger partial charge in [-0.2, -0.15) is 4.91 Å². The molecule has 1 atom stereocenters. The maximum atomic E-state index is 11.0. The van der Waals surface area contributed by atoms with Gasteiger partial charge in [0.05, 0.1) is 0 Å². The smallest absolute Gasteiger partial charge is 0.103 e. The zero-order chi connectivity index (χ0) is 13.0. The Labute approximate surface area is 108 Å². The predicted molar refractivity (Wildman–Crippen MR) is 74.6 cm³/mol. The van der Waals surface area contributed by atoms with E-state index in [4.69, 9.17) is 0 Å². The van der Waals surface area contributed by atoms with Gasteiger partial charge in [0, 0.05) is 5.41 Å². The first kappa shape index (κ1) is 12.5. The molecule has 2 nitrogen and oxygen atoms in total. The van der Waals surface area contributed by atoms with Gasteiger partial charge in [-0.15, -0.1) is 0 Å². The number of nitroso groups, excluding NO2 is 1. The van der Waals surface area contributed by atoms with Gasteiger partial charge < -0.3 is 0 Å². The normalized spacial score (nSPS) is 13.0. The molecule has 2 rings (SSSR count). The Kier molecular flexibility index (Phi) is 3.56. The second kappa shape index (κ2) is 5.13. The van der Waals surface area contributed by atoms with Crippen LogP contribution in [0.2, 0.25) is 0 Å². The number of rotatable bonds is 4. The molecular formula is C16H17NO. The molecule has 2 aromatic rings. The van der Waals surface area contributed by atoms with Crippen molar-refractivity contribution in [2.24, 2.45) is 5.18 Å². The minimum absolute atomic E-state index is 0.317. The Bertz CT molecular complexity index is 468. The van der Waals surface area contributed by atoms with E-state index in [-0.39, 0.29) is 11.5 Å². The highest BCUT2D eigenvalue weighted by Crippen LogP contribution is 2.36. The van der Waals surface area contributed by atoms with Crippen molar-refractivity contribution in [3.8, 4) is 0 Å². The van der Waals surface area contributed by atoms with Crippen molar-refractivity contribution in [2.75, 3.05) is 0 Å². The maximum absolute atomic E-state index is 11.0. The molecule has 0 fully saturated rings. The standard InChI is InChI=1S/C16H17NO/c1-13(17-18)16(2,14-9-5-3-6-10-14)15-11-7-4-8-12-15/h3-13H,1-2H3/t13-/m1/s1. The monoisotopic (exact) mass is 239 g/mol. The number of hydrogen-bond acceptors (Lipinski definition) is 2. The van der Waals surface area contributed by atoms with Gasteiger partial charge in [0.15, 0.2) is 0 Å². The predicted octanol–water partition coefficient (Wildman–Crippen LogP) is 4.15. The summed E-state index contributed by atoms with van der Waals surface area (Å²) in [4.78, 5) is 11.0. The fourth-order valence-electron chi connectivity index (χ4n) is 2.32. The average Bonchev–Trinajstić information content (AvgIpc) is 2.47. The Morgan fingerprint density at radius 1 is 0.889 bits per heavy atom. The summed E-state index contributed by atoms with van der Waals surface area (Å²) in [6, 6.07) is 19.8. The van der Waals surface area contributed by atoms with Crippen LogP contribution in [0.4, 0.5) is 0 Å². The first-order chi connectivity index (χ1) is 8.69. The molecule has 0 radical (unpaired) electrons. The molecule has 0 aliphatic carbocycles. The van der Waals surface area contributed by atoms with Crippen LogP contribution in [0.15, 0.2) is 65.8 Å². The molecule has 2 aromatic carbocycles. The molecule has 0 amide bonds. The quantitative estimate of drug-likeness (QED) is 0.737. The van der Waals surface area contributed by atoms with E-state index < -0.39 is 0 Å². The van der Waals surface area contributed by atoms with Crippen molar-refractivity contribution in [3.63, 3.8) is 0 Å². The van der Waals surface area contributed by atoms with Crippen molar-refractivity contribution >= 4 is 0 Å². The van der Waals surface area contributed by atoms with Gasteiger partial charge in [-0.3, -0.25) is 0 Å². The van der Waals surface area contributed by atoms with E-state index in [1.807, 2.05) is 43.3 Å². The second-order valence-corrected chi connectivity index (χ2v) is 4.72. The van der Waals surface area contributed by atoms with Crippen LogP contribution in [0, 0.1) is 4.91 Å². The van der Waals surface area contributed by atoms with E-state index in [1.165, 1.54) is 0 Å². The first-order valence-corrected chi connectivity index (χ1v) is 6.13. The molecular weight excluding hydrogens is 222 g/mol. The van der Waals surface area contributed by atoms with Crippen LogP contribution in [0.25, 0.3) is 0 Å². The lowest BCUT2D eigenvalue weighted by molar-refractivity contribution is 0.470. The molecule has 0 aromatic heterocycles. The molecule has 0 spiro atoms. The van der Waals surface area contributed by atoms with Crippen molar-refractivity contribution in [2.45, 2.75) is 25.3 Å². The van der Waals surface area contributed by atoms with Gasteiger partial charge in [0.1, 0.15) is 6.04 Å². The Balaban J connectivity index is 2.59. The van der Waals surface area contributed by atoms with Crippen LogP contribution in [0.1, 0.15) is 25.0 Å². The van der Waals surface area contributed by atoms with Crippen LogP contribution >= 0.6 is 0 Å². The lowest BCUT2D eigenvalue weighted by atomic mass is 9.71. The summed E-state index contributed by atoms with van der Waals surface area (Å²) >= 11 is 0. The molecule has 18 heavy (non-hydrogen) atoms. The Hall–Kier alpha value is -1.96.